The zero-order valence-corrected chi connectivity index (χ0v) is 14.8. The van der Waals surface area contributed by atoms with Gasteiger partial charge in [-0.1, -0.05) is 0 Å². The van der Waals surface area contributed by atoms with Crippen molar-refractivity contribution in [1.82, 2.24) is 14.7 Å². The summed E-state index contributed by atoms with van der Waals surface area (Å²) in [5.74, 6) is 0. The zero-order chi connectivity index (χ0) is 15.1. The molecule has 0 atom stereocenters. The van der Waals surface area contributed by atoms with Crippen LogP contribution in [0.25, 0.3) is 0 Å². The van der Waals surface area contributed by atoms with Gasteiger partial charge in [0.1, 0.15) is 0 Å². The smallest absolute Gasteiger partial charge is 0.372 e. The van der Waals surface area contributed by atoms with E-state index in [0.29, 0.717) is 0 Å². The summed E-state index contributed by atoms with van der Waals surface area (Å²) in [6.07, 6.45) is 1.08. The molecule has 3 rings (SSSR count). The lowest BCUT2D eigenvalue weighted by molar-refractivity contribution is -0.00878. The molecule has 6 nitrogen and oxygen atoms in total. The predicted molar refractivity (Wildman–Crippen MR) is 85.5 cm³/mol. The normalized spacial score (nSPS) is 30.4. The van der Waals surface area contributed by atoms with Gasteiger partial charge in [-0.3, -0.25) is 4.90 Å². The van der Waals surface area contributed by atoms with Crippen molar-refractivity contribution in [1.29, 1.82) is 0 Å². The first-order chi connectivity index (χ1) is 10.1. The summed E-state index contributed by atoms with van der Waals surface area (Å²) >= 11 is 0. The maximum atomic E-state index is 6.05. The van der Waals surface area contributed by atoms with Crippen molar-refractivity contribution < 1.29 is 13.3 Å². The van der Waals surface area contributed by atoms with Gasteiger partial charge in [0.2, 0.25) is 0 Å². The van der Waals surface area contributed by atoms with Gasteiger partial charge in [-0.25, -0.2) is 0 Å². The third-order valence-corrected chi connectivity index (χ3v) is 7.04. The van der Waals surface area contributed by atoms with Gasteiger partial charge in [-0.05, 0) is 34.1 Å². The van der Waals surface area contributed by atoms with Crippen molar-refractivity contribution in [2.24, 2.45) is 0 Å². The van der Waals surface area contributed by atoms with Crippen molar-refractivity contribution in [3.8, 4) is 0 Å². The van der Waals surface area contributed by atoms with Crippen molar-refractivity contribution in [2.75, 3.05) is 80.2 Å². The molecule has 0 unspecified atom stereocenters. The standard InChI is InChI=1S/C14H31N3O3Si/c1-15(2)6-7-16(3)5-4-14-21-18-11-8-17(9-12-19-21)10-13-20-21/h4-14H2,1-3H3. The van der Waals surface area contributed by atoms with E-state index in [9.17, 15) is 0 Å². The first-order valence-corrected chi connectivity index (χ1v) is 10.0. The minimum atomic E-state index is -2.40. The van der Waals surface area contributed by atoms with Crippen LogP contribution in [0.5, 0.6) is 0 Å². The number of hydrogen-bond acceptors (Lipinski definition) is 6. The Kier molecular flexibility index (Phi) is 7.07. The summed E-state index contributed by atoms with van der Waals surface area (Å²) < 4.78 is 18.1. The Morgan fingerprint density at radius 3 is 1.95 bits per heavy atom. The average Bonchev–Trinajstić information content (AvgIpc) is 2.37. The maximum Gasteiger partial charge on any atom is 0.501 e. The van der Waals surface area contributed by atoms with Crippen LogP contribution < -0.4 is 0 Å². The van der Waals surface area contributed by atoms with Crippen LogP contribution in [0.3, 0.4) is 0 Å². The molecule has 3 heterocycles. The van der Waals surface area contributed by atoms with Gasteiger partial charge in [-0.15, -0.1) is 0 Å². The fourth-order valence-corrected chi connectivity index (χ4v) is 5.20. The van der Waals surface area contributed by atoms with Crippen LogP contribution in [0.15, 0.2) is 0 Å². The summed E-state index contributed by atoms with van der Waals surface area (Å²) in [4.78, 5) is 6.94. The van der Waals surface area contributed by atoms with E-state index in [1.807, 2.05) is 0 Å². The highest BCUT2D eigenvalue weighted by Gasteiger charge is 2.43. The average molecular weight is 318 g/mol. The topological polar surface area (TPSA) is 37.4 Å². The van der Waals surface area contributed by atoms with E-state index in [4.69, 9.17) is 13.3 Å². The Labute approximate surface area is 130 Å². The van der Waals surface area contributed by atoms with Crippen molar-refractivity contribution in [3.63, 3.8) is 0 Å². The molecule has 3 saturated heterocycles. The first kappa shape index (κ1) is 17.3. The summed E-state index contributed by atoms with van der Waals surface area (Å²) in [5, 5.41) is 0. The van der Waals surface area contributed by atoms with Gasteiger partial charge in [0.15, 0.2) is 0 Å². The molecule has 0 aromatic carbocycles. The molecule has 0 aromatic rings. The molecule has 124 valence electrons. The Hall–Kier alpha value is -0.0231. The number of nitrogens with zero attached hydrogens (tertiary/aromatic N) is 3. The molecule has 21 heavy (non-hydrogen) atoms. The lowest BCUT2D eigenvalue weighted by atomic mass is 10.4. The van der Waals surface area contributed by atoms with Crippen LogP contribution in [0.1, 0.15) is 6.42 Å². The van der Waals surface area contributed by atoms with E-state index in [-0.39, 0.29) is 0 Å². The van der Waals surface area contributed by atoms with Crippen molar-refractivity contribution in [2.45, 2.75) is 12.5 Å². The van der Waals surface area contributed by atoms with E-state index in [1.54, 1.807) is 0 Å². The molecule has 3 aliphatic heterocycles. The highest BCUT2D eigenvalue weighted by atomic mass is 28.4. The molecule has 3 aliphatic rings. The van der Waals surface area contributed by atoms with Crippen LogP contribution in [0, 0.1) is 0 Å². The zero-order valence-electron chi connectivity index (χ0n) is 13.8. The maximum absolute atomic E-state index is 6.05. The molecule has 0 aromatic heterocycles. The van der Waals surface area contributed by atoms with Crippen molar-refractivity contribution in [3.05, 3.63) is 0 Å². The minimum Gasteiger partial charge on any atom is -0.372 e. The van der Waals surface area contributed by atoms with Crippen LogP contribution in [0.2, 0.25) is 6.04 Å². The molecular formula is C14H31N3O3Si. The van der Waals surface area contributed by atoms with Crippen LogP contribution >= 0.6 is 0 Å². The fourth-order valence-electron chi connectivity index (χ4n) is 2.72. The highest BCUT2D eigenvalue weighted by molar-refractivity contribution is 6.60. The highest BCUT2D eigenvalue weighted by Crippen LogP contribution is 2.21. The summed E-state index contributed by atoms with van der Waals surface area (Å²) in [6, 6.07) is 0.944. The third-order valence-electron chi connectivity index (χ3n) is 4.14. The molecule has 0 aliphatic carbocycles. The third kappa shape index (κ3) is 5.94. The summed E-state index contributed by atoms with van der Waals surface area (Å²) in [5.41, 5.74) is 0. The van der Waals surface area contributed by atoms with Gasteiger partial charge < -0.3 is 23.1 Å². The van der Waals surface area contributed by atoms with E-state index >= 15 is 0 Å². The lowest BCUT2D eigenvalue weighted by Gasteiger charge is -2.38. The summed E-state index contributed by atoms with van der Waals surface area (Å²) in [7, 11) is 4.00. The van der Waals surface area contributed by atoms with E-state index in [2.05, 4.69) is 35.8 Å². The molecule has 0 amide bonds. The molecule has 2 bridgehead atoms. The van der Waals surface area contributed by atoms with Crippen molar-refractivity contribution >= 4 is 8.80 Å². The Balaban J connectivity index is 1.74. The van der Waals surface area contributed by atoms with Crippen LogP contribution in [-0.2, 0) is 13.3 Å². The monoisotopic (exact) mass is 317 g/mol. The number of rotatable bonds is 7. The lowest BCUT2D eigenvalue weighted by Crippen LogP contribution is -2.55. The van der Waals surface area contributed by atoms with Gasteiger partial charge in [0, 0.05) is 38.8 Å². The second-order valence-corrected chi connectivity index (χ2v) is 9.01. The van der Waals surface area contributed by atoms with E-state index < -0.39 is 8.80 Å². The second kappa shape index (κ2) is 8.57. The molecule has 0 spiro atoms. The Morgan fingerprint density at radius 1 is 0.857 bits per heavy atom. The minimum absolute atomic E-state index is 0.753. The molecule has 3 fully saturated rings. The van der Waals surface area contributed by atoms with Gasteiger partial charge in [-0.2, -0.15) is 0 Å². The molecule has 0 radical (unpaired) electrons. The van der Waals surface area contributed by atoms with Crippen LogP contribution in [-0.4, -0.2) is 104 Å². The van der Waals surface area contributed by atoms with Crippen LogP contribution in [0.4, 0.5) is 0 Å². The molecule has 0 saturated carbocycles. The largest absolute Gasteiger partial charge is 0.501 e. The quantitative estimate of drug-likeness (QED) is 0.624. The predicted octanol–water partition coefficient (Wildman–Crippen LogP) is 0.188. The first-order valence-electron chi connectivity index (χ1n) is 8.07. The molecular weight excluding hydrogens is 286 g/mol. The molecule has 0 N–H and O–H groups in total. The SMILES string of the molecule is CN(C)CCN(C)CCC[Si]12OCCN(CCO1)CCO2. The summed E-state index contributed by atoms with van der Waals surface area (Å²) in [6.45, 7) is 8.58. The van der Waals surface area contributed by atoms with Gasteiger partial charge in [0.05, 0.1) is 19.8 Å². The van der Waals surface area contributed by atoms with E-state index in [1.165, 1.54) is 0 Å². The Morgan fingerprint density at radius 2 is 1.43 bits per heavy atom. The Bertz CT molecular complexity index is 281. The number of hydrogen-bond donors (Lipinski definition) is 0. The molecule has 7 heteroatoms. The van der Waals surface area contributed by atoms with Gasteiger partial charge in [0.25, 0.3) is 0 Å². The number of fused-ring (bicyclic) bond motifs is 6. The fraction of sp³-hybridized carbons (Fsp3) is 1.00. The van der Waals surface area contributed by atoms with E-state index in [0.717, 1.165) is 71.6 Å². The number of likely N-dealkylation sites (N-methyl/N-ethyl adjacent to an activating group) is 2. The second-order valence-electron chi connectivity index (χ2n) is 6.28. The van der Waals surface area contributed by atoms with Gasteiger partial charge >= 0.3 is 8.80 Å².